The molecule has 116 valence electrons. The third kappa shape index (κ3) is 3.40. The number of aromatic amines is 2. The summed E-state index contributed by atoms with van der Waals surface area (Å²) in [4.78, 5) is 24.0. The molecule has 0 aliphatic rings. The number of rotatable bonds is 1. The largest absolute Gasteiger partial charge is 0.346 e. The molecule has 23 heavy (non-hydrogen) atoms. The Morgan fingerprint density at radius 3 is 2.39 bits per heavy atom. The average molecular weight is 439 g/mol. The maximum Gasteiger partial charge on any atom is 0.296 e. The van der Waals surface area contributed by atoms with Crippen LogP contribution in [0.2, 0.25) is 0 Å². The van der Waals surface area contributed by atoms with Crippen LogP contribution in [0.4, 0.5) is 5.69 Å². The summed E-state index contributed by atoms with van der Waals surface area (Å²) in [6, 6.07) is 9.26. The van der Waals surface area contributed by atoms with Gasteiger partial charge in [-0.2, -0.15) is 0 Å². The molecule has 4 aromatic rings. The zero-order valence-electron chi connectivity index (χ0n) is 11.5. The van der Waals surface area contributed by atoms with Gasteiger partial charge >= 0.3 is 0 Å². The number of hydrogen-bond donors (Lipinski definition) is 2. The predicted octanol–water partition coefficient (Wildman–Crippen LogP) is 4.56. The topological polar surface area (TPSA) is 100 Å². The van der Waals surface area contributed by atoms with Crippen molar-refractivity contribution < 1.29 is 4.92 Å². The molecule has 4 aromatic heterocycles. The summed E-state index contributed by atoms with van der Waals surface area (Å²) in [7, 11) is 0. The number of hydrogen-bond acceptors (Lipinski definition) is 4. The SMILES string of the molecule is Brc1ccc2cc[nH]c2n1.O=[N+]([O-])c1c[nH]c2nc(Br)ccc12. The van der Waals surface area contributed by atoms with Gasteiger partial charge in [-0.05, 0) is 62.2 Å². The van der Waals surface area contributed by atoms with Crippen molar-refractivity contribution >= 4 is 59.6 Å². The molecule has 0 saturated carbocycles. The van der Waals surface area contributed by atoms with Crippen molar-refractivity contribution in [2.75, 3.05) is 0 Å². The smallest absolute Gasteiger partial charge is 0.296 e. The number of halogens is 2. The molecule has 0 spiro atoms. The van der Waals surface area contributed by atoms with Gasteiger partial charge < -0.3 is 9.97 Å². The Morgan fingerprint density at radius 2 is 1.65 bits per heavy atom. The van der Waals surface area contributed by atoms with E-state index in [1.807, 2.05) is 24.4 Å². The molecule has 0 bridgehead atoms. The monoisotopic (exact) mass is 437 g/mol. The van der Waals surface area contributed by atoms with E-state index in [0.717, 1.165) is 15.6 Å². The van der Waals surface area contributed by atoms with Crippen molar-refractivity contribution in [3.8, 4) is 0 Å². The van der Waals surface area contributed by atoms with Gasteiger partial charge in [-0.1, -0.05) is 0 Å². The minimum atomic E-state index is -0.436. The molecule has 0 radical (unpaired) electrons. The molecule has 0 aliphatic heterocycles. The van der Waals surface area contributed by atoms with Crippen LogP contribution < -0.4 is 0 Å². The number of nitro groups is 1. The highest BCUT2D eigenvalue weighted by molar-refractivity contribution is 9.10. The highest BCUT2D eigenvalue weighted by Crippen LogP contribution is 2.24. The van der Waals surface area contributed by atoms with Crippen LogP contribution in [-0.4, -0.2) is 24.9 Å². The molecule has 0 aromatic carbocycles. The normalized spacial score (nSPS) is 10.5. The maximum atomic E-state index is 10.5. The van der Waals surface area contributed by atoms with E-state index in [4.69, 9.17) is 0 Å². The highest BCUT2D eigenvalue weighted by atomic mass is 79.9. The van der Waals surface area contributed by atoms with Gasteiger partial charge in [-0.15, -0.1) is 0 Å². The van der Waals surface area contributed by atoms with Crippen LogP contribution in [0.3, 0.4) is 0 Å². The van der Waals surface area contributed by atoms with Gasteiger partial charge in [-0.3, -0.25) is 10.1 Å². The molecule has 9 heteroatoms. The Kier molecular flexibility index (Phi) is 4.39. The summed E-state index contributed by atoms with van der Waals surface area (Å²) >= 11 is 6.46. The molecule has 0 aliphatic carbocycles. The van der Waals surface area contributed by atoms with Crippen molar-refractivity contribution in [2.24, 2.45) is 0 Å². The minimum Gasteiger partial charge on any atom is -0.346 e. The zero-order valence-corrected chi connectivity index (χ0v) is 14.6. The Morgan fingerprint density at radius 1 is 0.957 bits per heavy atom. The molecule has 0 unspecified atom stereocenters. The third-order valence-electron chi connectivity index (χ3n) is 3.05. The minimum absolute atomic E-state index is 0.0509. The Labute approximate surface area is 146 Å². The van der Waals surface area contributed by atoms with Crippen molar-refractivity contribution in [1.82, 2.24) is 19.9 Å². The fraction of sp³-hybridized carbons (Fsp3) is 0. The van der Waals surface area contributed by atoms with Crippen LogP contribution in [0.25, 0.3) is 22.1 Å². The first-order chi connectivity index (χ1) is 11.0. The molecule has 7 nitrogen and oxygen atoms in total. The van der Waals surface area contributed by atoms with Crippen LogP contribution in [0.1, 0.15) is 0 Å². The van der Waals surface area contributed by atoms with E-state index in [-0.39, 0.29) is 5.69 Å². The van der Waals surface area contributed by atoms with Crippen molar-refractivity contribution in [1.29, 1.82) is 0 Å². The predicted molar refractivity (Wildman–Crippen MR) is 94.2 cm³/mol. The third-order valence-corrected chi connectivity index (χ3v) is 3.94. The molecular weight excluding hydrogens is 430 g/mol. The van der Waals surface area contributed by atoms with Gasteiger partial charge in [0.25, 0.3) is 5.69 Å². The number of pyridine rings is 2. The zero-order chi connectivity index (χ0) is 16.4. The molecule has 4 heterocycles. The van der Waals surface area contributed by atoms with Crippen LogP contribution in [0, 0.1) is 10.1 Å². The number of H-pyrrole nitrogens is 2. The Balaban J connectivity index is 0.000000140. The fourth-order valence-corrected chi connectivity index (χ4v) is 2.64. The summed E-state index contributed by atoms with van der Waals surface area (Å²) in [5.41, 5.74) is 1.49. The van der Waals surface area contributed by atoms with Gasteiger partial charge in [0.2, 0.25) is 0 Å². The molecule has 4 rings (SSSR count). The maximum absolute atomic E-state index is 10.5. The average Bonchev–Trinajstić information content (AvgIpc) is 3.12. The number of aromatic nitrogens is 4. The van der Waals surface area contributed by atoms with E-state index in [9.17, 15) is 10.1 Å². The fourth-order valence-electron chi connectivity index (χ4n) is 2.02. The van der Waals surface area contributed by atoms with Gasteiger partial charge in [0.1, 0.15) is 20.5 Å². The van der Waals surface area contributed by atoms with Crippen molar-refractivity contribution in [3.63, 3.8) is 0 Å². The molecule has 0 atom stereocenters. The van der Waals surface area contributed by atoms with E-state index < -0.39 is 4.92 Å². The van der Waals surface area contributed by atoms with Crippen molar-refractivity contribution in [3.05, 3.63) is 62.0 Å². The molecule has 0 amide bonds. The molecule has 0 fully saturated rings. The number of nitrogens with zero attached hydrogens (tertiary/aromatic N) is 3. The number of fused-ring (bicyclic) bond motifs is 2. The van der Waals surface area contributed by atoms with Gasteiger partial charge in [0, 0.05) is 11.6 Å². The first-order valence-electron chi connectivity index (χ1n) is 6.42. The summed E-state index contributed by atoms with van der Waals surface area (Å²) in [5.74, 6) is 0. The lowest BCUT2D eigenvalue weighted by molar-refractivity contribution is -0.383. The quantitative estimate of drug-likeness (QED) is 0.258. The first kappa shape index (κ1) is 15.6. The van der Waals surface area contributed by atoms with E-state index in [2.05, 4.69) is 51.8 Å². The van der Waals surface area contributed by atoms with Crippen LogP contribution in [-0.2, 0) is 0 Å². The summed E-state index contributed by atoms with van der Waals surface area (Å²) in [6.07, 6.45) is 3.22. The van der Waals surface area contributed by atoms with Gasteiger partial charge in [-0.25, -0.2) is 9.97 Å². The second-order valence-corrected chi connectivity index (χ2v) is 6.14. The summed E-state index contributed by atoms with van der Waals surface area (Å²) < 4.78 is 1.51. The van der Waals surface area contributed by atoms with Crippen LogP contribution in [0.5, 0.6) is 0 Å². The van der Waals surface area contributed by atoms with E-state index >= 15 is 0 Å². The van der Waals surface area contributed by atoms with Crippen molar-refractivity contribution in [2.45, 2.75) is 0 Å². The van der Waals surface area contributed by atoms with Crippen LogP contribution in [0.15, 0.2) is 51.9 Å². The lowest BCUT2D eigenvalue weighted by Gasteiger charge is -1.89. The van der Waals surface area contributed by atoms with E-state index in [1.165, 1.54) is 6.20 Å². The Bertz CT molecular complexity index is 995. The lowest BCUT2D eigenvalue weighted by Crippen LogP contribution is -1.85. The highest BCUT2D eigenvalue weighted by Gasteiger charge is 2.13. The Hall–Kier alpha value is -2.26. The second-order valence-electron chi connectivity index (χ2n) is 4.51. The van der Waals surface area contributed by atoms with E-state index in [0.29, 0.717) is 15.6 Å². The van der Waals surface area contributed by atoms with E-state index in [1.54, 1.807) is 12.1 Å². The van der Waals surface area contributed by atoms with Gasteiger partial charge in [0.15, 0.2) is 0 Å². The first-order valence-corrected chi connectivity index (χ1v) is 8.01. The van der Waals surface area contributed by atoms with Crippen LogP contribution >= 0.6 is 31.9 Å². The lowest BCUT2D eigenvalue weighted by atomic mass is 10.3. The van der Waals surface area contributed by atoms with Gasteiger partial charge in [0.05, 0.1) is 16.5 Å². The molecule has 0 saturated heterocycles. The summed E-state index contributed by atoms with van der Waals surface area (Å²) in [5, 5.41) is 12.2. The second kappa shape index (κ2) is 6.47. The molecule has 2 N–H and O–H groups in total. The molecular formula is C14H9Br2N5O2. The standard InChI is InChI=1S/C7H4BrN3O2.C7H5BrN2/c8-6-2-1-4-5(11(12)13)3-9-7(4)10-6;8-6-2-1-5-3-4-9-7(5)10-6/h1-3H,(H,9,10);1-4H,(H,9,10). The summed E-state index contributed by atoms with van der Waals surface area (Å²) in [6.45, 7) is 0. The number of nitrogens with one attached hydrogen (secondary N) is 2.